The van der Waals surface area contributed by atoms with Crippen LogP contribution in [0, 0.1) is 6.92 Å². The van der Waals surface area contributed by atoms with E-state index >= 15 is 0 Å². The van der Waals surface area contributed by atoms with E-state index in [1.807, 2.05) is 42.7 Å². The summed E-state index contributed by atoms with van der Waals surface area (Å²) in [6.45, 7) is 2.51. The molecule has 1 aromatic carbocycles. The van der Waals surface area contributed by atoms with E-state index in [1.54, 1.807) is 19.3 Å². The van der Waals surface area contributed by atoms with Gasteiger partial charge in [0, 0.05) is 47.1 Å². The average Bonchev–Trinajstić information content (AvgIpc) is 3.48. The van der Waals surface area contributed by atoms with Crippen molar-refractivity contribution in [3.63, 3.8) is 0 Å². The van der Waals surface area contributed by atoms with Crippen molar-refractivity contribution in [2.45, 2.75) is 26.4 Å². The van der Waals surface area contributed by atoms with Gasteiger partial charge in [-0.25, -0.2) is 4.98 Å². The number of hydrogen-bond acceptors (Lipinski definition) is 5. The Hall–Kier alpha value is -4.40. The molecule has 172 valence electrons. The molecule has 0 saturated heterocycles. The number of pyridine rings is 1. The Morgan fingerprint density at radius 3 is 2.88 bits per heavy atom. The maximum Gasteiger partial charge on any atom is 0.293 e. The van der Waals surface area contributed by atoms with Crippen LogP contribution < -0.4 is 16.2 Å². The maximum atomic E-state index is 13.0. The number of carbonyl (C=O) groups excluding carboxylic acids is 1. The first-order valence-electron chi connectivity index (χ1n) is 11.1. The van der Waals surface area contributed by atoms with Gasteiger partial charge >= 0.3 is 0 Å². The van der Waals surface area contributed by atoms with Crippen molar-refractivity contribution >= 4 is 33.5 Å². The van der Waals surface area contributed by atoms with E-state index in [2.05, 4.69) is 36.6 Å². The lowest BCUT2D eigenvalue weighted by atomic mass is 10.1. The summed E-state index contributed by atoms with van der Waals surface area (Å²) in [6, 6.07) is 12.0. The van der Waals surface area contributed by atoms with Crippen molar-refractivity contribution in [2.75, 3.05) is 11.9 Å². The van der Waals surface area contributed by atoms with Gasteiger partial charge in [-0.3, -0.25) is 19.1 Å². The number of hydrogen-bond donors (Lipinski definition) is 4. The minimum atomic E-state index is -0.319. The number of anilines is 1. The second-order valence-electron chi connectivity index (χ2n) is 8.19. The zero-order chi connectivity index (χ0) is 23.5. The van der Waals surface area contributed by atoms with Crippen LogP contribution in [0.5, 0.6) is 0 Å². The van der Waals surface area contributed by atoms with E-state index in [-0.39, 0.29) is 30.4 Å². The van der Waals surface area contributed by atoms with Crippen molar-refractivity contribution in [2.24, 2.45) is 0 Å². The summed E-state index contributed by atoms with van der Waals surface area (Å²) in [6.07, 6.45) is 7.91. The van der Waals surface area contributed by atoms with Crippen LogP contribution in [0.3, 0.4) is 0 Å². The minimum absolute atomic E-state index is 0.0866. The summed E-state index contributed by atoms with van der Waals surface area (Å²) in [5.41, 5.74) is 4.25. The number of nitrogens with one attached hydrogen (secondary N) is 4. The zero-order valence-corrected chi connectivity index (χ0v) is 18.8. The fourth-order valence-electron chi connectivity index (χ4n) is 4.02. The van der Waals surface area contributed by atoms with Gasteiger partial charge in [0.15, 0.2) is 5.82 Å². The molecule has 34 heavy (non-hydrogen) atoms. The molecule has 4 N–H and O–H groups in total. The molecule has 0 unspecified atom stereocenters. The molecule has 0 atom stereocenters. The van der Waals surface area contributed by atoms with E-state index in [0.717, 1.165) is 28.5 Å². The second kappa shape index (κ2) is 9.22. The summed E-state index contributed by atoms with van der Waals surface area (Å²) < 4.78 is 1.43. The number of benzene rings is 1. The standard InChI is InChI=1S/C25H25N7O2/c1-16-11-31-24(27-9-7-18-12-29-21-5-3-2-4-20(18)21)25(34)32(16)15-23(33)30-13-19-10-17-6-8-26-22(17)14-28-19/h2-6,8,10-12,14,26,29H,7,9,13,15H2,1H3,(H,27,31)(H,30,33). The molecular weight excluding hydrogens is 430 g/mol. The normalized spacial score (nSPS) is 11.2. The number of fused-ring (bicyclic) bond motifs is 2. The third kappa shape index (κ3) is 4.40. The molecule has 0 fully saturated rings. The lowest BCUT2D eigenvalue weighted by molar-refractivity contribution is -0.121. The Bertz CT molecular complexity index is 1530. The highest BCUT2D eigenvalue weighted by atomic mass is 16.2. The third-order valence-corrected chi connectivity index (χ3v) is 5.88. The number of carbonyl (C=O) groups is 1. The summed E-state index contributed by atoms with van der Waals surface area (Å²) in [4.78, 5) is 40.5. The molecule has 4 aromatic heterocycles. The van der Waals surface area contributed by atoms with Crippen LogP contribution in [-0.4, -0.2) is 37.0 Å². The topological polar surface area (TPSA) is 120 Å². The van der Waals surface area contributed by atoms with Gasteiger partial charge < -0.3 is 20.6 Å². The van der Waals surface area contributed by atoms with Gasteiger partial charge in [-0.1, -0.05) is 18.2 Å². The highest BCUT2D eigenvalue weighted by molar-refractivity contribution is 5.83. The van der Waals surface area contributed by atoms with Gasteiger partial charge in [0.05, 0.1) is 24.0 Å². The van der Waals surface area contributed by atoms with E-state index in [0.29, 0.717) is 12.2 Å². The lowest BCUT2D eigenvalue weighted by Gasteiger charge is -2.12. The molecule has 9 nitrogen and oxygen atoms in total. The van der Waals surface area contributed by atoms with Crippen LogP contribution in [0.4, 0.5) is 5.82 Å². The summed E-state index contributed by atoms with van der Waals surface area (Å²) in [7, 11) is 0. The molecule has 4 heterocycles. The van der Waals surface area contributed by atoms with Gasteiger partial charge in [0.2, 0.25) is 5.91 Å². The van der Waals surface area contributed by atoms with Crippen LogP contribution in [-0.2, 0) is 24.3 Å². The molecular formula is C25H25N7O2. The molecule has 5 rings (SSSR count). The summed E-state index contributed by atoms with van der Waals surface area (Å²) in [5, 5.41) is 8.17. The SMILES string of the molecule is Cc1cnc(NCCc2c[nH]c3ccccc23)c(=O)n1CC(=O)NCc1cc2cc[nH]c2cn1. The molecule has 0 aliphatic rings. The second-order valence-corrected chi connectivity index (χ2v) is 8.19. The fraction of sp³-hybridized carbons (Fsp3) is 0.200. The number of aromatic amines is 2. The van der Waals surface area contributed by atoms with Crippen LogP contribution >= 0.6 is 0 Å². The predicted octanol–water partition coefficient (Wildman–Crippen LogP) is 2.88. The Balaban J connectivity index is 1.21. The van der Waals surface area contributed by atoms with Crippen LogP contribution in [0.1, 0.15) is 17.0 Å². The number of aromatic nitrogens is 5. The first-order valence-corrected chi connectivity index (χ1v) is 11.1. The van der Waals surface area contributed by atoms with Gasteiger partial charge in [0.25, 0.3) is 5.56 Å². The lowest BCUT2D eigenvalue weighted by Crippen LogP contribution is -2.34. The average molecular weight is 456 g/mol. The van der Waals surface area contributed by atoms with E-state index in [9.17, 15) is 9.59 Å². The Labute approximate surface area is 195 Å². The quantitative estimate of drug-likeness (QED) is 0.287. The molecule has 0 aliphatic carbocycles. The van der Waals surface area contributed by atoms with Crippen LogP contribution in [0.2, 0.25) is 0 Å². The Kier molecular flexibility index (Phi) is 5.82. The number of H-pyrrole nitrogens is 2. The fourth-order valence-corrected chi connectivity index (χ4v) is 4.02. The van der Waals surface area contributed by atoms with Crippen molar-refractivity contribution in [3.05, 3.63) is 88.5 Å². The number of aryl methyl sites for hydroxylation is 1. The highest BCUT2D eigenvalue weighted by Crippen LogP contribution is 2.18. The van der Waals surface area contributed by atoms with Gasteiger partial charge in [-0.2, -0.15) is 0 Å². The van der Waals surface area contributed by atoms with E-state index < -0.39 is 0 Å². The molecule has 0 bridgehead atoms. The minimum Gasteiger partial charge on any atom is -0.365 e. The summed E-state index contributed by atoms with van der Waals surface area (Å²) in [5.74, 6) is -0.0325. The maximum absolute atomic E-state index is 13.0. The summed E-state index contributed by atoms with van der Waals surface area (Å²) >= 11 is 0. The molecule has 1 amide bonds. The van der Waals surface area contributed by atoms with Gasteiger partial charge in [-0.05, 0) is 37.1 Å². The number of amides is 1. The molecule has 0 saturated carbocycles. The molecule has 0 radical (unpaired) electrons. The van der Waals surface area contributed by atoms with Crippen molar-refractivity contribution < 1.29 is 4.79 Å². The van der Waals surface area contributed by atoms with E-state index in [4.69, 9.17) is 0 Å². The smallest absolute Gasteiger partial charge is 0.293 e. The monoisotopic (exact) mass is 455 g/mol. The van der Waals surface area contributed by atoms with Crippen molar-refractivity contribution in [3.8, 4) is 0 Å². The van der Waals surface area contributed by atoms with Crippen LogP contribution in [0.25, 0.3) is 21.8 Å². The number of rotatable bonds is 8. The third-order valence-electron chi connectivity index (χ3n) is 5.88. The Morgan fingerprint density at radius 1 is 1.09 bits per heavy atom. The number of nitrogens with zero attached hydrogens (tertiary/aromatic N) is 3. The van der Waals surface area contributed by atoms with Crippen molar-refractivity contribution in [1.29, 1.82) is 0 Å². The molecule has 0 aliphatic heterocycles. The van der Waals surface area contributed by atoms with Crippen LogP contribution in [0.15, 0.2) is 66.0 Å². The van der Waals surface area contributed by atoms with Gasteiger partial charge in [-0.15, -0.1) is 0 Å². The first kappa shape index (κ1) is 21.4. The van der Waals surface area contributed by atoms with E-state index in [1.165, 1.54) is 15.5 Å². The molecule has 0 spiro atoms. The highest BCUT2D eigenvalue weighted by Gasteiger charge is 2.12. The Morgan fingerprint density at radius 2 is 1.97 bits per heavy atom. The van der Waals surface area contributed by atoms with Crippen molar-refractivity contribution in [1.82, 2.24) is 29.8 Å². The molecule has 9 heteroatoms. The predicted molar refractivity (Wildman–Crippen MR) is 132 cm³/mol. The number of para-hydroxylation sites is 1. The zero-order valence-electron chi connectivity index (χ0n) is 18.8. The largest absolute Gasteiger partial charge is 0.365 e. The first-order chi connectivity index (χ1) is 16.6. The molecule has 5 aromatic rings. The van der Waals surface area contributed by atoms with Gasteiger partial charge in [0.1, 0.15) is 6.54 Å².